The molecule has 142 valence electrons. The molecule has 0 spiro atoms. The fourth-order valence-corrected chi connectivity index (χ4v) is 2.30. The van der Waals surface area contributed by atoms with Crippen molar-refractivity contribution in [2.24, 2.45) is 0 Å². The van der Waals surface area contributed by atoms with Gasteiger partial charge in [0.25, 0.3) is 11.7 Å². The molecule has 0 N–H and O–H groups in total. The molecule has 1 aromatic heterocycles. The SMILES string of the molecule is COC(C(=O)O[C@H](c1ccco1)C(F)(F)F)(c1ccccc1)C(F)(F)F. The van der Waals surface area contributed by atoms with Crippen molar-refractivity contribution >= 4 is 5.97 Å². The molecule has 0 saturated carbocycles. The van der Waals surface area contributed by atoms with Gasteiger partial charge < -0.3 is 13.9 Å². The lowest BCUT2D eigenvalue weighted by atomic mass is 9.92. The summed E-state index contributed by atoms with van der Waals surface area (Å²) < 4.78 is 93.7. The summed E-state index contributed by atoms with van der Waals surface area (Å²) >= 11 is 0. The van der Waals surface area contributed by atoms with Crippen LogP contribution in [-0.4, -0.2) is 25.4 Å². The molecule has 0 amide bonds. The maximum Gasteiger partial charge on any atom is 0.432 e. The van der Waals surface area contributed by atoms with E-state index in [2.05, 4.69) is 13.9 Å². The predicted molar refractivity (Wildman–Crippen MR) is 74.8 cm³/mol. The van der Waals surface area contributed by atoms with Crippen LogP contribution < -0.4 is 0 Å². The monoisotopic (exact) mass is 382 g/mol. The van der Waals surface area contributed by atoms with Crippen LogP contribution in [0.2, 0.25) is 0 Å². The van der Waals surface area contributed by atoms with Crippen molar-refractivity contribution in [2.75, 3.05) is 7.11 Å². The van der Waals surface area contributed by atoms with Crippen molar-refractivity contribution in [3.63, 3.8) is 0 Å². The Kier molecular flexibility index (Phi) is 5.36. The first-order valence-electron chi connectivity index (χ1n) is 7.02. The average Bonchev–Trinajstić information content (AvgIpc) is 3.06. The van der Waals surface area contributed by atoms with Gasteiger partial charge in [-0.15, -0.1) is 0 Å². The molecule has 0 aliphatic heterocycles. The molecule has 0 fully saturated rings. The summed E-state index contributed by atoms with van der Waals surface area (Å²) in [7, 11) is 0.553. The second kappa shape index (κ2) is 7.02. The second-order valence-corrected chi connectivity index (χ2v) is 5.09. The molecule has 2 rings (SSSR count). The van der Waals surface area contributed by atoms with Crippen molar-refractivity contribution in [1.82, 2.24) is 0 Å². The molecule has 0 aliphatic rings. The molecule has 1 unspecified atom stereocenters. The van der Waals surface area contributed by atoms with Crippen LogP contribution in [0.15, 0.2) is 53.1 Å². The Morgan fingerprint density at radius 1 is 1.00 bits per heavy atom. The Bertz CT molecular complexity index is 723. The van der Waals surface area contributed by atoms with E-state index < -0.39 is 41.4 Å². The van der Waals surface area contributed by atoms with Crippen LogP contribution in [0, 0.1) is 0 Å². The Balaban J connectivity index is 2.50. The first-order chi connectivity index (χ1) is 12.0. The quantitative estimate of drug-likeness (QED) is 0.563. The molecule has 0 aliphatic carbocycles. The summed E-state index contributed by atoms with van der Waals surface area (Å²) in [5, 5.41) is 0. The van der Waals surface area contributed by atoms with E-state index in [0.717, 1.165) is 30.5 Å². The summed E-state index contributed by atoms with van der Waals surface area (Å²) in [6, 6.07) is 7.42. The second-order valence-electron chi connectivity index (χ2n) is 5.09. The minimum absolute atomic E-state index is 0.553. The minimum atomic E-state index is -5.39. The van der Waals surface area contributed by atoms with Crippen LogP contribution in [0.4, 0.5) is 26.3 Å². The first kappa shape index (κ1) is 19.8. The lowest BCUT2D eigenvalue weighted by Gasteiger charge is -2.33. The summed E-state index contributed by atoms with van der Waals surface area (Å²) in [6.07, 6.45) is -12.7. The molecule has 1 aromatic carbocycles. The number of furan rings is 1. The molecule has 0 radical (unpaired) electrons. The third kappa shape index (κ3) is 3.55. The lowest BCUT2D eigenvalue weighted by Crippen LogP contribution is -2.52. The van der Waals surface area contributed by atoms with Gasteiger partial charge in [-0.3, -0.25) is 0 Å². The molecule has 26 heavy (non-hydrogen) atoms. The molecule has 4 nitrogen and oxygen atoms in total. The minimum Gasteiger partial charge on any atom is -0.465 e. The number of ether oxygens (including phenoxy) is 2. The third-order valence-corrected chi connectivity index (χ3v) is 3.50. The number of methoxy groups -OCH3 is 1. The van der Waals surface area contributed by atoms with E-state index in [-0.39, 0.29) is 0 Å². The smallest absolute Gasteiger partial charge is 0.432 e. The van der Waals surface area contributed by atoms with Crippen LogP contribution in [0.3, 0.4) is 0 Å². The van der Waals surface area contributed by atoms with Gasteiger partial charge in [0.1, 0.15) is 0 Å². The molecule has 1 heterocycles. The standard InChI is InChI=1S/C16H12F6O4/c1-24-14(16(20,21)22,10-6-3-2-4-7-10)13(23)26-12(15(17,18)19)11-8-5-9-25-11/h2-9,12H,1H3/t12-,14?/m1/s1. The molecule has 2 aromatic rings. The van der Waals surface area contributed by atoms with Crippen molar-refractivity contribution in [2.45, 2.75) is 24.1 Å². The van der Waals surface area contributed by atoms with Gasteiger partial charge in [-0.2, -0.15) is 26.3 Å². The van der Waals surface area contributed by atoms with Gasteiger partial charge in [-0.1, -0.05) is 30.3 Å². The number of hydrogen-bond donors (Lipinski definition) is 0. The van der Waals surface area contributed by atoms with Crippen molar-refractivity contribution in [1.29, 1.82) is 0 Å². The fraction of sp³-hybridized carbons (Fsp3) is 0.312. The van der Waals surface area contributed by atoms with E-state index >= 15 is 0 Å². The summed E-state index contributed by atoms with van der Waals surface area (Å²) in [6.45, 7) is 0. The third-order valence-electron chi connectivity index (χ3n) is 3.50. The van der Waals surface area contributed by atoms with E-state index in [1.165, 1.54) is 18.2 Å². The topological polar surface area (TPSA) is 48.7 Å². The van der Waals surface area contributed by atoms with Gasteiger partial charge >= 0.3 is 18.3 Å². The number of rotatable bonds is 5. The number of esters is 1. The first-order valence-corrected chi connectivity index (χ1v) is 7.02. The largest absolute Gasteiger partial charge is 0.465 e. The summed E-state index contributed by atoms with van der Waals surface area (Å²) in [5.74, 6) is -3.14. The Morgan fingerprint density at radius 2 is 1.62 bits per heavy atom. The Labute approximate surface area is 143 Å². The molecule has 0 bridgehead atoms. The zero-order chi connectivity index (χ0) is 19.6. The van der Waals surface area contributed by atoms with Gasteiger partial charge in [0, 0.05) is 12.7 Å². The molecule has 10 heteroatoms. The number of benzene rings is 1. The Morgan fingerprint density at radius 3 is 2.04 bits per heavy atom. The lowest BCUT2D eigenvalue weighted by molar-refractivity contribution is -0.290. The number of alkyl halides is 6. The molecular weight excluding hydrogens is 370 g/mol. The fourth-order valence-electron chi connectivity index (χ4n) is 2.30. The highest BCUT2D eigenvalue weighted by Crippen LogP contribution is 2.45. The van der Waals surface area contributed by atoms with Crippen molar-refractivity contribution in [3.05, 3.63) is 60.1 Å². The van der Waals surface area contributed by atoms with E-state index in [0.29, 0.717) is 7.11 Å². The highest BCUT2D eigenvalue weighted by Gasteiger charge is 2.65. The van der Waals surface area contributed by atoms with E-state index in [9.17, 15) is 31.1 Å². The number of carbonyl (C=O) groups excluding carboxylic acids is 1. The maximum absolute atomic E-state index is 13.7. The zero-order valence-electron chi connectivity index (χ0n) is 13.1. The van der Waals surface area contributed by atoms with Gasteiger partial charge in [0.15, 0.2) is 5.76 Å². The van der Waals surface area contributed by atoms with Crippen molar-refractivity contribution < 1.29 is 45.0 Å². The van der Waals surface area contributed by atoms with Crippen LogP contribution in [0.5, 0.6) is 0 Å². The van der Waals surface area contributed by atoms with E-state index in [4.69, 9.17) is 0 Å². The van der Waals surface area contributed by atoms with Gasteiger partial charge in [0.2, 0.25) is 0 Å². The van der Waals surface area contributed by atoms with Crippen LogP contribution >= 0.6 is 0 Å². The molecule has 0 saturated heterocycles. The number of halogens is 6. The Hall–Kier alpha value is -2.49. The summed E-state index contributed by atoms with van der Waals surface area (Å²) in [4.78, 5) is 12.3. The predicted octanol–water partition coefficient (Wildman–Crippen LogP) is 4.53. The van der Waals surface area contributed by atoms with Crippen LogP contribution in [-0.2, 0) is 19.9 Å². The summed E-state index contributed by atoms with van der Waals surface area (Å²) in [5.41, 5.74) is -4.45. The highest BCUT2D eigenvalue weighted by molar-refractivity contribution is 5.83. The van der Waals surface area contributed by atoms with E-state index in [1.807, 2.05) is 0 Å². The van der Waals surface area contributed by atoms with Crippen LogP contribution in [0.25, 0.3) is 0 Å². The number of carbonyl (C=O) groups is 1. The van der Waals surface area contributed by atoms with Gasteiger partial charge in [-0.25, -0.2) is 4.79 Å². The maximum atomic E-state index is 13.7. The highest BCUT2D eigenvalue weighted by atomic mass is 19.4. The molecular formula is C16H12F6O4. The van der Waals surface area contributed by atoms with E-state index in [1.54, 1.807) is 0 Å². The van der Waals surface area contributed by atoms with Crippen molar-refractivity contribution in [3.8, 4) is 0 Å². The average molecular weight is 382 g/mol. The number of hydrogen-bond acceptors (Lipinski definition) is 4. The molecule has 2 atom stereocenters. The normalized spacial score (nSPS) is 16.0. The van der Waals surface area contributed by atoms with Gasteiger partial charge in [-0.05, 0) is 12.1 Å². The van der Waals surface area contributed by atoms with Crippen LogP contribution in [0.1, 0.15) is 17.4 Å². The zero-order valence-corrected chi connectivity index (χ0v) is 13.1. The van der Waals surface area contributed by atoms with Gasteiger partial charge in [0.05, 0.1) is 6.26 Å².